The number of hydrogen-bond acceptors (Lipinski definition) is 5. The highest BCUT2D eigenvalue weighted by molar-refractivity contribution is 7.09. The van der Waals surface area contributed by atoms with E-state index in [4.69, 9.17) is 0 Å². The molecule has 7 heteroatoms. The molecule has 1 aromatic carbocycles. The molecule has 32 heavy (non-hydrogen) atoms. The van der Waals surface area contributed by atoms with Crippen molar-refractivity contribution in [1.29, 1.82) is 0 Å². The van der Waals surface area contributed by atoms with Gasteiger partial charge in [-0.25, -0.2) is 4.98 Å². The zero-order valence-electron chi connectivity index (χ0n) is 18.2. The molecular formula is C25H28N4O2S. The van der Waals surface area contributed by atoms with Crippen LogP contribution < -0.4 is 0 Å². The lowest BCUT2D eigenvalue weighted by Crippen LogP contribution is -2.48. The summed E-state index contributed by atoms with van der Waals surface area (Å²) in [6, 6.07) is 9.55. The lowest BCUT2D eigenvalue weighted by Gasteiger charge is -2.33. The highest BCUT2D eigenvalue weighted by Crippen LogP contribution is 2.30. The number of piperidine rings is 1. The molecule has 0 unspecified atom stereocenters. The lowest BCUT2D eigenvalue weighted by molar-refractivity contribution is -0.126. The van der Waals surface area contributed by atoms with Crippen LogP contribution in [0.5, 0.6) is 0 Å². The first-order valence-corrected chi connectivity index (χ1v) is 12.0. The Morgan fingerprint density at radius 1 is 1.06 bits per heavy atom. The minimum absolute atomic E-state index is 0.0227. The third-order valence-corrected chi connectivity index (χ3v) is 7.01. The molecule has 2 amide bonds. The van der Waals surface area contributed by atoms with E-state index in [2.05, 4.69) is 28.3 Å². The van der Waals surface area contributed by atoms with Gasteiger partial charge in [0.15, 0.2) is 0 Å². The van der Waals surface area contributed by atoms with Gasteiger partial charge in [-0.2, -0.15) is 0 Å². The van der Waals surface area contributed by atoms with Crippen LogP contribution in [-0.4, -0.2) is 77.3 Å². The molecule has 1 aromatic heterocycles. The van der Waals surface area contributed by atoms with Crippen LogP contribution >= 0.6 is 11.3 Å². The second kappa shape index (κ2) is 10.6. The number of amides is 2. The van der Waals surface area contributed by atoms with Gasteiger partial charge >= 0.3 is 0 Å². The van der Waals surface area contributed by atoms with Gasteiger partial charge in [0.1, 0.15) is 5.69 Å². The van der Waals surface area contributed by atoms with E-state index in [1.807, 2.05) is 51.6 Å². The van der Waals surface area contributed by atoms with Gasteiger partial charge in [-0.3, -0.25) is 14.5 Å². The quantitative estimate of drug-likeness (QED) is 0.533. The third kappa shape index (κ3) is 5.45. The summed E-state index contributed by atoms with van der Waals surface area (Å²) in [5.74, 6) is 5.88. The monoisotopic (exact) mass is 448 g/mol. The normalized spacial score (nSPS) is 17.5. The Morgan fingerprint density at radius 3 is 2.47 bits per heavy atom. The van der Waals surface area contributed by atoms with Crippen molar-refractivity contribution in [2.45, 2.75) is 18.8 Å². The zero-order valence-corrected chi connectivity index (χ0v) is 19.0. The van der Waals surface area contributed by atoms with Crippen molar-refractivity contribution >= 4 is 23.2 Å². The van der Waals surface area contributed by atoms with Crippen LogP contribution in [0.25, 0.3) is 0 Å². The molecule has 2 aromatic rings. The number of nitrogens with zero attached hydrogens (tertiary/aromatic N) is 4. The molecule has 0 radical (unpaired) electrons. The molecule has 3 heterocycles. The van der Waals surface area contributed by atoms with E-state index in [0.717, 1.165) is 56.1 Å². The number of carbonyl (C=O) groups is 2. The molecule has 4 rings (SSSR count). The first kappa shape index (κ1) is 22.3. The van der Waals surface area contributed by atoms with E-state index in [1.165, 1.54) is 0 Å². The fourth-order valence-electron chi connectivity index (χ4n) is 4.11. The molecule has 6 nitrogen and oxygen atoms in total. The maximum absolute atomic E-state index is 12.9. The van der Waals surface area contributed by atoms with E-state index in [1.54, 1.807) is 11.3 Å². The van der Waals surface area contributed by atoms with Gasteiger partial charge in [0.25, 0.3) is 11.8 Å². The fourth-order valence-corrected chi connectivity index (χ4v) is 5.07. The molecule has 2 aliphatic rings. The predicted molar refractivity (Wildman–Crippen MR) is 127 cm³/mol. The minimum Gasteiger partial charge on any atom is -0.335 e. The predicted octanol–water partition coefficient (Wildman–Crippen LogP) is 2.84. The molecule has 2 fully saturated rings. The van der Waals surface area contributed by atoms with Crippen molar-refractivity contribution in [2.24, 2.45) is 0 Å². The second-order valence-electron chi connectivity index (χ2n) is 8.13. The Hall–Kier alpha value is -2.95. The molecule has 0 atom stereocenters. The third-order valence-electron chi connectivity index (χ3n) is 6.01. The first-order valence-electron chi connectivity index (χ1n) is 11.1. The maximum atomic E-state index is 12.9. The number of rotatable bonds is 4. The summed E-state index contributed by atoms with van der Waals surface area (Å²) in [6.07, 6.45) is 3.60. The van der Waals surface area contributed by atoms with Gasteiger partial charge in [-0.15, -0.1) is 17.9 Å². The highest BCUT2D eigenvalue weighted by atomic mass is 32.1. The number of aromatic nitrogens is 1. The Kier molecular flexibility index (Phi) is 7.35. The van der Waals surface area contributed by atoms with Gasteiger partial charge in [-0.1, -0.05) is 30.2 Å². The van der Waals surface area contributed by atoms with Crippen LogP contribution in [0, 0.1) is 11.8 Å². The first-order chi connectivity index (χ1) is 15.6. The van der Waals surface area contributed by atoms with Gasteiger partial charge in [0.05, 0.1) is 5.01 Å². The van der Waals surface area contributed by atoms with E-state index in [0.29, 0.717) is 18.8 Å². The Bertz CT molecular complexity index is 1010. The summed E-state index contributed by atoms with van der Waals surface area (Å²) in [5, 5.41) is 2.89. The number of benzene rings is 1. The topological polar surface area (TPSA) is 56.8 Å². The number of carbonyl (C=O) groups excluding carboxylic acids is 2. The smallest absolute Gasteiger partial charge is 0.298 e. The summed E-state index contributed by atoms with van der Waals surface area (Å²) in [5.41, 5.74) is 1.40. The van der Waals surface area contributed by atoms with Gasteiger partial charge in [0, 0.05) is 68.6 Å². The molecule has 0 saturated carbocycles. The summed E-state index contributed by atoms with van der Waals surface area (Å²) < 4.78 is 0. The van der Waals surface area contributed by atoms with Crippen molar-refractivity contribution < 1.29 is 9.59 Å². The molecule has 166 valence electrons. The van der Waals surface area contributed by atoms with E-state index in [-0.39, 0.29) is 17.7 Å². The Labute approximate surface area is 193 Å². The highest BCUT2D eigenvalue weighted by Gasteiger charge is 2.27. The minimum atomic E-state index is -0.127. The van der Waals surface area contributed by atoms with Crippen LogP contribution in [0.1, 0.15) is 39.8 Å². The second-order valence-corrected chi connectivity index (χ2v) is 9.02. The summed E-state index contributed by atoms with van der Waals surface area (Å²) in [7, 11) is 0. The van der Waals surface area contributed by atoms with Gasteiger partial charge < -0.3 is 9.80 Å². The van der Waals surface area contributed by atoms with Crippen molar-refractivity contribution in [2.75, 3.05) is 45.8 Å². The molecule has 0 aliphatic carbocycles. The molecular weight excluding hydrogens is 420 g/mol. The average Bonchev–Trinajstić information content (AvgIpc) is 3.34. The zero-order chi connectivity index (χ0) is 22.3. The van der Waals surface area contributed by atoms with E-state index in [9.17, 15) is 9.59 Å². The van der Waals surface area contributed by atoms with Crippen molar-refractivity contribution in [3.63, 3.8) is 0 Å². The molecule has 0 N–H and O–H groups in total. The molecule has 0 bridgehead atoms. The Balaban J connectivity index is 1.28. The average molecular weight is 449 g/mol. The van der Waals surface area contributed by atoms with Gasteiger partial charge in [0.2, 0.25) is 0 Å². The Morgan fingerprint density at radius 2 is 1.78 bits per heavy atom. The number of piperazine rings is 1. The maximum Gasteiger partial charge on any atom is 0.298 e. The summed E-state index contributed by atoms with van der Waals surface area (Å²) >= 11 is 1.56. The molecule has 2 aliphatic heterocycles. The van der Waals surface area contributed by atoms with Crippen molar-refractivity contribution in [1.82, 2.24) is 19.7 Å². The summed E-state index contributed by atoms with van der Waals surface area (Å²) in [4.78, 5) is 36.0. The molecule has 2 saturated heterocycles. The van der Waals surface area contributed by atoms with E-state index < -0.39 is 0 Å². The van der Waals surface area contributed by atoms with Crippen LogP contribution in [-0.2, 0) is 4.79 Å². The summed E-state index contributed by atoms with van der Waals surface area (Å²) in [6.45, 7) is 9.17. The van der Waals surface area contributed by atoms with Crippen LogP contribution in [0.2, 0.25) is 0 Å². The van der Waals surface area contributed by atoms with Crippen molar-refractivity contribution in [3.05, 3.63) is 64.6 Å². The number of thiazole rings is 1. The standard InChI is InChI=1S/C25H28N4O2S/c1-2-12-27-15-17-29(18-16-27)25(31)22-19-32-24(26-22)21-10-13-28(14-11-21)23(30)9-8-20-6-4-3-5-7-20/h2-7,19,21H,1,10-18H2. The lowest BCUT2D eigenvalue weighted by atomic mass is 9.97. The van der Waals surface area contributed by atoms with Gasteiger partial charge in [-0.05, 0) is 25.0 Å². The SMILES string of the molecule is C=CCN1CCN(C(=O)c2csc(C3CCN(C(=O)C#Cc4ccccc4)CC3)n2)CC1. The number of likely N-dealkylation sites (tertiary alicyclic amines) is 1. The molecule has 0 spiro atoms. The van der Waals surface area contributed by atoms with Crippen LogP contribution in [0.4, 0.5) is 0 Å². The largest absolute Gasteiger partial charge is 0.335 e. The van der Waals surface area contributed by atoms with Crippen LogP contribution in [0.3, 0.4) is 0 Å². The fraction of sp³-hybridized carbons (Fsp3) is 0.400. The van der Waals surface area contributed by atoms with E-state index >= 15 is 0 Å². The number of hydrogen-bond donors (Lipinski definition) is 0. The van der Waals surface area contributed by atoms with Crippen molar-refractivity contribution in [3.8, 4) is 11.8 Å². The van der Waals surface area contributed by atoms with Crippen LogP contribution in [0.15, 0.2) is 48.4 Å².